The van der Waals surface area contributed by atoms with Crippen LogP contribution in [0.3, 0.4) is 0 Å². The van der Waals surface area contributed by atoms with Crippen LogP contribution in [0.15, 0.2) is 36.4 Å². The lowest BCUT2D eigenvalue weighted by atomic mass is 10.1. The molecule has 0 bridgehead atoms. The molecule has 1 aliphatic heterocycles. The number of amides is 1. The Bertz CT molecular complexity index is 1120. The molecule has 34 heavy (non-hydrogen) atoms. The third kappa shape index (κ3) is 5.91. The van der Waals surface area contributed by atoms with E-state index in [4.69, 9.17) is 9.47 Å². The third-order valence-corrected chi connectivity index (χ3v) is 5.60. The van der Waals surface area contributed by atoms with E-state index in [0.717, 1.165) is 54.5 Å². The molecule has 9 heteroatoms. The number of hydrogen-bond acceptors (Lipinski definition) is 7. The van der Waals surface area contributed by atoms with Crippen molar-refractivity contribution in [1.29, 1.82) is 0 Å². The molecule has 4 rings (SSSR count). The van der Waals surface area contributed by atoms with Gasteiger partial charge >= 0.3 is 0 Å². The lowest BCUT2D eigenvalue weighted by molar-refractivity contribution is -0.117. The third-order valence-electron chi connectivity index (χ3n) is 5.60. The van der Waals surface area contributed by atoms with E-state index < -0.39 is 0 Å². The number of likely N-dealkylation sites (tertiary alicyclic amines) is 1. The van der Waals surface area contributed by atoms with Crippen LogP contribution in [0.4, 0.5) is 5.82 Å². The van der Waals surface area contributed by atoms with Gasteiger partial charge in [0.15, 0.2) is 11.5 Å². The summed E-state index contributed by atoms with van der Waals surface area (Å²) in [4.78, 5) is 23.9. The van der Waals surface area contributed by atoms with Crippen molar-refractivity contribution in [2.45, 2.75) is 46.6 Å². The van der Waals surface area contributed by atoms with Crippen LogP contribution in [0.1, 0.15) is 36.8 Å². The first-order valence-corrected chi connectivity index (χ1v) is 11.7. The van der Waals surface area contributed by atoms with Gasteiger partial charge in [-0.1, -0.05) is 12.1 Å². The lowest BCUT2D eigenvalue weighted by Gasteiger charge is -2.31. The number of nitrogens with zero attached hydrogens (tertiary/aromatic N) is 5. The molecule has 2 aromatic heterocycles. The van der Waals surface area contributed by atoms with Crippen molar-refractivity contribution in [2.24, 2.45) is 0 Å². The van der Waals surface area contributed by atoms with Gasteiger partial charge in [0, 0.05) is 30.5 Å². The smallest absolute Gasteiger partial charge is 0.252 e. The molecule has 9 nitrogen and oxygen atoms in total. The van der Waals surface area contributed by atoms with Gasteiger partial charge in [-0.3, -0.25) is 9.69 Å². The molecular formula is C25H32N6O3. The minimum absolute atomic E-state index is 0.0911. The fourth-order valence-corrected chi connectivity index (χ4v) is 4.12. The number of carbonyl (C=O) groups is 1. The Kier molecular flexibility index (Phi) is 7.42. The fourth-order valence-electron chi connectivity index (χ4n) is 4.12. The number of aryl methyl sites for hydroxylation is 3. The number of hydrogen-bond donors (Lipinski definition) is 1. The maximum Gasteiger partial charge on any atom is 0.252 e. The van der Waals surface area contributed by atoms with Gasteiger partial charge in [0.25, 0.3) is 5.95 Å². The molecule has 0 saturated carbocycles. The number of aromatic nitrogens is 4. The first-order valence-electron chi connectivity index (χ1n) is 11.7. The molecule has 1 aromatic carbocycles. The number of piperidine rings is 1. The molecule has 1 N–H and O–H groups in total. The van der Waals surface area contributed by atoms with Crippen LogP contribution in [-0.2, 0) is 4.79 Å². The highest BCUT2D eigenvalue weighted by Crippen LogP contribution is 2.29. The van der Waals surface area contributed by atoms with Crippen molar-refractivity contribution in [2.75, 3.05) is 31.6 Å². The van der Waals surface area contributed by atoms with Crippen molar-refractivity contribution in [3.05, 3.63) is 53.5 Å². The molecule has 3 heterocycles. The molecule has 0 aliphatic carbocycles. The molecule has 180 valence electrons. The van der Waals surface area contributed by atoms with Crippen LogP contribution in [-0.4, -0.2) is 62.9 Å². The van der Waals surface area contributed by atoms with E-state index in [1.807, 2.05) is 64.1 Å². The van der Waals surface area contributed by atoms with Gasteiger partial charge in [0.2, 0.25) is 5.91 Å². The van der Waals surface area contributed by atoms with Crippen LogP contribution in [0, 0.1) is 20.8 Å². The normalized spacial score (nSPS) is 14.7. The van der Waals surface area contributed by atoms with Crippen molar-refractivity contribution >= 4 is 11.7 Å². The number of para-hydroxylation sites is 2. The van der Waals surface area contributed by atoms with Gasteiger partial charge < -0.3 is 14.8 Å². The predicted molar refractivity (Wildman–Crippen MR) is 130 cm³/mol. The quantitative estimate of drug-likeness (QED) is 0.545. The molecule has 0 unspecified atom stereocenters. The van der Waals surface area contributed by atoms with E-state index in [1.165, 1.54) is 0 Å². The maximum absolute atomic E-state index is 12.8. The lowest BCUT2D eigenvalue weighted by Crippen LogP contribution is -2.42. The van der Waals surface area contributed by atoms with Crippen molar-refractivity contribution < 1.29 is 14.3 Å². The van der Waals surface area contributed by atoms with E-state index in [-0.39, 0.29) is 12.0 Å². The van der Waals surface area contributed by atoms with Crippen LogP contribution in [0.25, 0.3) is 5.95 Å². The molecule has 1 saturated heterocycles. The SMILES string of the molecule is CCOc1ccccc1OC1CCN(CC(=O)Nc2cc(C)nn2-c2nc(C)cc(C)n2)CC1. The van der Waals surface area contributed by atoms with Gasteiger partial charge in [-0.25, -0.2) is 9.97 Å². The number of carbonyl (C=O) groups excluding carboxylic acids is 1. The van der Waals surface area contributed by atoms with Crippen molar-refractivity contribution in [3.63, 3.8) is 0 Å². The van der Waals surface area contributed by atoms with E-state index in [9.17, 15) is 4.79 Å². The predicted octanol–water partition coefficient (Wildman–Crippen LogP) is 3.47. The average molecular weight is 465 g/mol. The van der Waals surface area contributed by atoms with Crippen LogP contribution in [0.5, 0.6) is 11.5 Å². The Morgan fingerprint density at radius 2 is 1.71 bits per heavy atom. The Morgan fingerprint density at radius 3 is 2.38 bits per heavy atom. The Hall–Kier alpha value is -3.46. The molecule has 1 aliphatic rings. The van der Waals surface area contributed by atoms with E-state index in [0.29, 0.717) is 24.9 Å². The Labute approximate surface area is 200 Å². The molecule has 3 aromatic rings. The summed E-state index contributed by atoms with van der Waals surface area (Å²) < 4.78 is 13.4. The first-order chi connectivity index (χ1) is 16.4. The summed E-state index contributed by atoms with van der Waals surface area (Å²) in [5, 5.41) is 7.45. The number of rotatable bonds is 8. The summed E-state index contributed by atoms with van der Waals surface area (Å²) >= 11 is 0. The zero-order chi connectivity index (χ0) is 24.1. The number of ether oxygens (including phenoxy) is 2. The zero-order valence-electron chi connectivity index (χ0n) is 20.2. The summed E-state index contributed by atoms with van der Waals surface area (Å²) in [6, 6.07) is 11.5. The minimum Gasteiger partial charge on any atom is -0.490 e. The average Bonchev–Trinajstić information content (AvgIpc) is 3.16. The Morgan fingerprint density at radius 1 is 1.03 bits per heavy atom. The zero-order valence-corrected chi connectivity index (χ0v) is 20.2. The number of anilines is 1. The van der Waals surface area contributed by atoms with Crippen LogP contribution < -0.4 is 14.8 Å². The molecule has 0 radical (unpaired) electrons. The second kappa shape index (κ2) is 10.6. The van der Waals surface area contributed by atoms with Gasteiger partial charge in [0.05, 0.1) is 18.8 Å². The van der Waals surface area contributed by atoms with E-state index >= 15 is 0 Å². The molecular weight excluding hydrogens is 432 g/mol. The number of nitrogens with one attached hydrogen (secondary N) is 1. The van der Waals surface area contributed by atoms with Crippen LogP contribution in [0.2, 0.25) is 0 Å². The molecule has 1 amide bonds. The maximum atomic E-state index is 12.8. The second-order valence-electron chi connectivity index (χ2n) is 8.55. The summed E-state index contributed by atoms with van der Waals surface area (Å²) in [6.45, 7) is 10.1. The van der Waals surface area contributed by atoms with Gasteiger partial charge in [-0.05, 0) is 58.7 Å². The highest BCUT2D eigenvalue weighted by molar-refractivity contribution is 5.91. The van der Waals surface area contributed by atoms with Gasteiger partial charge in [-0.15, -0.1) is 0 Å². The fraction of sp³-hybridized carbons (Fsp3) is 0.440. The van der Waals surface area contributed by atoms with Gasteiger partial charge in [-0.2, -0.15) is 9.78 Å². The largest absolute Gasteiger partial charge is 0.490 e. The summed E-state index contributed by atoms with van der Waals surface area (Å²) in [7, 11) is 0. The molecule has 0 atom stereocenters. The minimum atomic E-state index is -0.0911. The summed E-state index contributed by atoms with van der Waals surface area (Å²) in [5.41, 5.74) is 2.48. The first kappa shape index (κ1) is 23.7. The monoisotopic (exact) mass is 464 g/mol. The van der Waals surface area contributed by atoms with E-state index in [2.05, 4.69) is 25.3 Å². The highest BCUT2D eigenvalue weighted by Gasteiger charge is 2.23. The molecule has 0 spiro atoms. The van der Waals surface area contributed by atoms with Crippen LogP contribution >= 0.6 is 0 Å². The van der Waals surface area contributed by atoms with E-state index in [1.54, 1.807) is 4.68 Å². The topological polar surface area (TPSA) is 94.4 Å². The van der Waals surface area contributed by atoms with Gasteiger partial charge in [0.1, 0.15) is 11.9 Å². The summed E-state index contributed by atoms with van der Waals surface area (Å²) in [5.74, 6) is 2.47. The highest BCUT2D eigenvalue weighted by atomic mass is 16.5. The number of benzene rings is 1. The molecule has 1 fully saturated rings. The Balaban J connectivity index is 1.32. The second-order valence-corrected chi connectivity index (χ2v) is 8.55. The summed E-state index contributed by atoms with van der Waals surface area (Å²) in [6.07, 6.45) is 1.80. The van der Waals surface area contributed by atoms with Crippen molar-refractivity contribution in [1.82, 2.24) is 24.6 Å². The standard InChI is InChI=1S/C25H32N6O3/c1-5-33-21-8-6-7-9-22(21)34-20-10-12-30(13-11-20)16-24(32)28-23-15-19(4)29-31(23)25-26-17(2)14-18(3)27-25/h6-9,14-15,20H,5,10-13,16H2,1-4H3,(H,28,32). The van der Waals surface area contributed by atoms with Crippen molar-refractivity contribution in [3.8, 4) is 17.4 Å².